The van der Waals surface area contributed by atoms with Crippen molar-refractivity contribution in [2.75, 3.05) is 5.32 Å². The third-order valence-electron chi connectivity index (χ3n) is 3.04. The Morgan fingerprint density at radius 2 is 2.24 bits per heavy atom. The highest BCUT2D eigenvalue weighted by Gasteiger charge is 2.44. The molecule has 0 heterocycles. The van der Waals surface area contributed by atoms with Crippen molar-refractivity contribution in [3.8, 4) is 6.07 Å². The zero-order chi connectivity index (χ0) is 12.5. The predicted molar refractivity (Wildman–Crippen MR) is 74.7 cm³/mol. The van der Waals surface area contributed by atoms with Crippen LogP contribution in [0.3, 0.4) is 0 Å². The fraction of sp³-hybridized carbons (Fsp3) is 0.333. The van der Waals surface area contributed by atoms with Gasteiger partial charge in [0.15, 0.2) is 0 Å². The first kappa shape index (κ1) is 12.7. The topological polar surface area (TPSA) is 52.9 Å². The van der Waals surface area contributed by atoms with E-state index in [9.17, 15) is 4.79 Å². The fourth-order valence-electron chi connectivity index (χ4n) is 1.75. The molecule has 1 fully saturated rings. The van der Waals surface area contributed by atoms with Crippen molar-refractivity contribution in [1.82, 2.24) is 0 Å². The van der Waals surface area contributed by atoms with E-state index in [2.05, 4.69) is 34.0 Å². The molecule has 1 aliphatic rings. The van der Waals surface area contributed by atoms with Crippen LogP contribution < -0.4 is 5.32 Å². The Hall–Kier alpha value is -0.800. The van der Waals surface area contributed by atoms with Crippen molar-refractivity contribution >= 4 is 45.8 Å². The average molecular weight is 361 g/mol. The summed E-state index contributed by atoms with van der Waals surface area (Å²) in [6.45, 7) is 0. The maximum absolute atomic E-state index is 12.0. The summed E-state index contributed by atoms with van der Waals surface area (Å²) >= 11 is 7.95. The van der Waals surface area contributed by atoms with Crippen molar-refractivity contribution in [2.45, 2.75) is 19.3 Å². The summed E-state index contributed by atoms with van der Waals surface area (Å²) in [7, 11) is 0. The summed E-state index contributed by atoms with van der Waals surface area (Å²) in [6, 6.07) is 7.38. The second kappa shape index (κ2) is 4.83. The second-order valence-corrected chi connectivity index (χ2v) is 5.72. The predicted octanol–water partition coefficient (Wildman–Crippen LogP) is 3.58. The highest BCUT2D eigenvalue weighted by molar-refractivity contribution is 14.1. The lowest BCUT2D eigenvalue weighted by Gasteiger charge is -2.33. The highest BCUT2D eigenvalue weighted by atomic mass is 127. The molecule has 1 aromatic rings. The zero-order valence-corrected chi connectivity index (χ0v) is 11.9. The number of hydrogen-bond donors (Lipinski definition) is 1. The maximum atomic E-state index is 12.0. The van der Waals surface area contributed by atoms with Crippen LogP contribution in [0.5, 0.6) is 0 Å². The van der Waals surface area contributed by atoms with Crippen molar-refractivity contribution in [2.24, 2.45) is 5.41 Å². The number of benzene rings is 1. The third-order valence-corrected chi connectivity index (χ3v) is 4.16. The van der Waals surface area contributed by atoms with Gasteiger partial charge in [0.05, 0.1) is 11.8 Å². The standard InChI is InChI=1S/C12H10ClIN2O/c13-8-2-3-10(9(14)6-8)16-11(17)12(7-15)4-1-5-12/h2-3,6H,1,4-5H2,(H,16,17). The molecule has 1 saturated carbocycles. The van der Waals surface area contributed by atoms with Gasteiger partial charge in [-0.25, -0.2) is 0 Å². The van der Waals surface area contributed by atoms with Crippen molar-refractivity contribution in [3.05, 3.63) is 26.8 Å². The molecule has 0 atom stereocenters. The average Bonchev–Trinajstić information content (AvgIpc) is 2.21. The number of carbonyl (C=O) groups excluding carboxylic acids is 1. The number of halogens is 2. The highest BCUT2D eigenvalue weighted by Crippen LogP contribution is 2.41. The van der Waals surface area contributed by atoms with E-state index in [1.807, 2.05) is 0 Å². The molecular weight excluding hydrogens is 351 g/mol. The number of carbonyl (C=O) groups is 1. The number of anilines is 1. The monoisotopic (exact) mass is 360 g/mol. The van der Waals surface area contributed by atoms with Gasteiger partial charge in [0.1, 0.15) is 5.41 Å². The molecule has 5 heteroatoms. The number of nitriles is 1. The van der Waals surface area contributed by atoms with Crippen LogP contribution in [0.1, 0.15) is 19.3 Å². The van der Waals surface area contributed by atoms with Crippen molar-refractivity contribution in [3.63, 3.8) is 0 Å². The van der Waals surface area contributed by atoms with E-state index in [1.165, 1.54) is 0 Å². The summed E-state index contributed by atoms with van der Waals surface area (Å²) in [5, 5.41) is 12.5. The molecule has 3 nitrogen and oxygen atoms in total. The Labute approximate surface area is 118 Å². The van der Waals surface area contributed by atoms with E-state index >= 15 is 0 Å². The molecule has 1 N–H and O–H groups in total. The van der Waals surface area contributed by atoms with Crippen LogP contribution in [0.4, 0.5) is 5.69 Å². The smallest absolute Gasteiger partial charge is 0.244 e. The lowest BCUT2D eigenvalue weighted by Crippen LogP contribution is -2.40. The SMILES string of the molecule is N#CC1(C(=O)Nc2ccc(Cl)cc2I)CCC1. The van der Waals surface area contributed by atoms with Gasteiger partial charge in [0, 0.05) is 8.59 Å². The van der Waals surface area contributed by atoms with Crippen LogP contribution in [0.2, 0.25) is 5.02 Å². The largest absolute Gasteiger partial charge is 0.324 e. The fourth-order valence-corrected chi connectivity index (χ4v) is 2.76. The lowest BCUT2D eigenvalue weighted by molar-refractivity contribution is -0.126. The zero-order valence-electron chi connectivity index (χ0n) is 8.96. The molecule has 0 bridgehead atoms. The normalized spacial score (nSPS) is 16.8. The Bertz CT molecular complexity index is 506. The minimum absolute atomic E-state index is 0.202. The number of hydrogen-bond acceptors (Lipinski definition) is 2. The van der Waals surface area contributed by atoms with E-state index in [0.29, 0.717) is 23.6 Å². The quantitative estimate of drug-likeness (QED) is 0.820. The van der Waals surface area contributed by atoms with Gasteiger partial charge in [-0.2, -0.15) is 5.26 Å². The molecule has 88 valence electrons. The molecule has 1 aliphatic carbocycles. The maximum Gasteiger partial charge on any atom is 0.244 e. The number of rotatable bonds is 2. The Balaban J connectivity index is 2.16. The van der Waals surface area contributed by atoms with E-state index in [1.54, 1.807) is 18.2 Å². The Kier molecular flexibility index (Phi) is 3.59. The molecular formula is C12H10ClIN2O. The molecule has 0 spiro atoms. The van der Waals surface area contributed by atoms with Gasteiger partial charge in [-0.05, 0) is 60.1 Å². The van der Waals surface area contributed by atoms with Gasteiger partial charge >= 0.3 is 0 Å². The molecule has 0 unspecified atom stereocenters. The van der Waals surface area contributed by atoms with Crippen LogP contribution in [0.15, 0.2) is 18.2 Å². The van der Waals surface area contributed by atoms with Crippen LogP contribution in [0, 0.1) is 20.3 Å². The number of nitrogens with one attached hydrogen (secondary N) is 1. The molecule has 1 amide bonds. The van der Waals surface area contributed by atoms with E-state index < -0.39 is 5.41 Å². The first-order valence-electron chi connectivity index (χ1n) is 5.25. The van der Waals surface area contributed by atoms with Crippen LogP contribution in [-0.2, 0) is 4.79 Å². The van der Waals surface area contributed by atoms with Gasteiger partial charge in [-0.1, -0.05) is 11.6 Å². The molecule has 0 aliphatic heterocycles. The minimum Gasteiger partial charge on any atom is -0.324 e. The van der Waals surface area contributed by atoms with E-state index in [0.717, 1.165) is 9.99 Å². The molecule has 1 aromatic carbocycles. The summed E-state index contributed by atoms with van der Waals surface area (Å²) in [5.41, 5.74) is -0.107. The number of nitrogens with zero attached hydrogens (tertiary/aromatic N) is 1. The van der Waals surface area contributed by atoms with Gasteiger partial charge in [-0.15, -0.1) is 0 Å². The molecule has 0 radical (unpaired) electrons. The summed E-state index contributed by atoms with van der Waals surface area (Å²) in [5.74, 6) is -0.202. The third kappa shape index (κ3) is 2.40. The lowest BCUT2D eigenvalue weighted by atomic mass is 9.69. The van der Waals surface area contributed by atoms with Crippen LogP contribution in [-0.4, -0.2) is 5.91 Å². The van der Waals surface area contributed by atoms with E-state index in [4.69, 9.17) is 16.9 Å². The Morgan fingerprint density at radius 3 is 2.71 bits per heavy atom. The second-order valence-electron chi connectivity index (χ2n) is 4.13. The summed E-state index contributed by atoms with van der Waals surface area (Å²) < 4.78 is 0.871. The summed E-state index contributed by atoms with van der Waals surface area (Å²) in [4.78, 5) is 12.0. The summed E-state index contributed by atoms with van der Waals surface area (Å²) in [6.07, 6.45) is 2.25. The van der Waals surface area contributed by atoms with Crippen molar-refractivity contribution in [1.29, 1.82) is 5.26 Å². The number of amides is 1. The van der Waals surface area contributed by atoms with Gasteiger partial charge in [0.2, 0.25) is 5.91 Å². The molecule has 2 rings (SSSR count). The van der Waals surface area contributed by atoms with Gasteiger partial charge in [0.25, 0.3) is 0 Å². The first-order valence-corrected chi connectivity index (χ1v) is 6.71. The molecule has 17 heavy (non-hydrogen) atoms. The molecule has 0 aromatic heterocycles. The van der Waals surface area contributed by atoms with Crippen LogP contribution in [0.25, 0.3) is 0 Å². The van der Waals surface area contributed by atoms with Crippen LogP contribution >= 0.6 is 34.2 Å². The first-order chi connectivity index (χ1) is 8.07. The Morgan fingerprint density at radius 1 is 1.53 bits per heavy atom. The van der Waals surface area contributed by atoms with Crippen molar-refractivity contribution < 1.29 is 4.79 Å². The van der Waals surface area contributed by atoms with Gasteiger partial charge < -0.3 is 5.32 Å². The van der Waals surface area contributed by atoms with Gasteiger partial charge in [-0.3, -0.25) is 4.79 Å². The van der Waals surface area contributed by atoms with E-state index in [-0.39, 0.29) is 5.91 Å². The minimum atomic E-state index is -0.817. The molecule has 0 saturated heterocycles.